The number of pyridine rings is 4. The number of rotatable bonds is 11. The molecule has 0 bridgehead atoms. The van der Waals surface area contributed by atoms with Crippen molar-refractivity contribution in [2.24, 2.45) is 7.05 Å². The summed E-state index contributed by atoms with van der Waals surface area (Å²) < 4.78 is 17.2. The Balaban J connectivity index is 0.000000137. The van der Waals surface area contributed by atoms with Gasteiger partial charge in [-0.3, -0.25) is 34.3 Å². The molecule has 11 rings (SSSR count). The molecule has 74 heavy (non-hydrogen) atoms. The SMILES string of the molecule is CCn1nc(-c2ccccc2)cc(Nc2ccc(F)cc2)c1=O.CCn1nc(-c2cccnc2)cc(Nc2cccc3ncccc23)c1=O.Cn1nc(-c2cccnc2)cc(Nc2cccc3ncccc23)c1=O. The highest BCUT2D eigenvalue weighted by atomic mass is 19.1. The van der Waals surface area contributed by atoms with Crippen LogP contribution in [-0.2, 0) is 20.1 Å². The second kappa shape index (κ2) is 22.8. The first-order chi connectivity index (χ1) is 36.1. The number of benzene rings is 4. The Hall–Kier alpha value is -10.0. The molecule has 0 spiro atoms. The highest BCUT2D eigenvalue weighted by Gasteiger charge is 2.14. The Kier molecular flexibility index (Phi) is 15.1. The van der Waals surface area contributed by atoms with E-state index in [-0.39, 0.29) is 22.5 Å². The van der Waals surface area contributed by atoms with Crippen molar-refractivity contribution in [1.82, 2.24) is 49.3 Å². The minimum absolute atomic E-state index is 0.166. The molecule has 7 aromatic heterocycles. The van der Waals surface area contributed by atoms with E-state index in [2.05, 4.69) is 51.2 Å². The van der Waals surface area contributed by atoms with Crippen LogP contribution in [0.15, 0.2) is 209 Å². The first kappa shape index (κ1) is 49.0. The molecule has 17 heteroatoms. The molecule has 3 N–H and O–H groups in total. The maximum atomic E-state index is 13.0. The molecule has 0 saturated heterocycles. The molecule has 0 aliphatic heterocycles. The fraction of sp³-hybridized carbons (Fsp3) is 0.0877. The lowest BCUT2D eigenvalue weighted by Gasteiger charge is -2.12. The average molecular weight is 982 g/mol. The van der Waals surface area contributed by atoms with Gasteiger partial charge in [0.25, 0.3) is 16.7 Å². The molecule has 0 radical (unpaired) electrons. The first-order valence-electron chi connectivity index (χ1n) is 23.6. The smallest absolute Gasteiger partial charge is 0.290 e. The number of fused-ring (bicyclic) bond motifs is 2. The van der Waals surface area contributed by atoms with Crippen LogP contribution in [0.1, 0.15) is 13.8 Å². The van der Waals surface area contributed by atoms with Gasteiger partial charge in [0, 0.05) is 102 Å². The lowest BCUT2D eigenvalue weighted by atomic mass is 10.1. The summed E-state index contributed by atoms with van der Waals surface area (Å²) in [7, 11) is 1.64. The summed E-state index contributed by atoms with van der Waals surface area (Å²) >= 11 is 0. The summed E-state index contributed by atoms with van der Waals surface area (Å²) in [6.45, 7) is 4.72. The molecular weight excluding hydrogens is 934 g/mol. The van der Waals surface area contributed by atoms with Gasteiger partial charge in [-0.05, 0) is 129 Å². The molecule has 7 heterocycles. The summed E-state index contributed by atoms with van der Waals surface area (Å²) in [5.74, 6) is -0.318. The predicted molar refractivity (Wildman–Crippen MR) is 289 cm³/mol. The molecule has 366 valence electrons. The molecule has 0 saturated carbocycles. The number of aryl methyl sites for hydroxylation is 3. The zero-order chi connectivity index (χ0) is 51.4. The Morgan fingerprint density at radius 2 is 0.905 bits per heavy atom. The van der Waals surface area contributed by atoms with Crippen LogP contribution in [0, 0.1) is 5.82 Å². The van der Waals surface area contributed by atoms with Crippen molar-refractivity contribution in [2.75, 3.05) is 16.0 Å². The van der Waals surface area contributed by atoms with E-state index in [1.54, 1.807) is 74.6 Å². The second-order valence-corrected chi connectivity index (χ2v) is 16.5. The van der Waals surface area contributed by atoms with Gasteiger partial charge < -0.3 is 16.0 Å². The van der Waals surface area contributed by atoms with Crippen molar-refractivity contribution < 1.29 is 4.39 Å². The van der Waals surface area contributed by atoms with Crippen molar-refractivity contribution in [3.63, 3.8) is 0 Å². The third-order valence-corrected chi connectivity index (χ3v) is 11.5. The number of nitrogens with one attached hydrogen (secondary N) is 3. The van der Waals surface area contributed by atoms with E-state index in [1.165, 1.54) is 26.2 Å². The van der Waals surface area contributed by atoms with Crippen molar-refractivity contribution >= 4 is 55.9 Å². The van der Waals surface area contributed by atoms with Gasteiger partial charge in [-0.25, -0.2) is 18.4 Å². The standard InChI is InChI=1S/C20H17N5O.C19H15N5O.C18H16FN3O/c1-2-25-20(26)19(12-18(24-25)14-6-4-10-21-13-14)23-17-9-3-8-16-15(17)7-5-11-22-16;1-24-19(25)18(11-17(23-24)13-5-3-9-20-12-13)22-16-8-2-7-15-14(16)6-4-10-21-15;1-2-22-18(23)17(20-15-10-8-14(19)9-11-15)12-16(21-22)13-6-4-3-5-7-13/h3-13,23H,2H2,1H3;2-12,22H,1H3;3-12,20H,2H2,1H3. The van der Waals surface area contributed by atoms with Gasteiger partial charge in [-0.15, -0.1) is 0 Å². The lowest BCUT2D eigenvalue weighted by molar-refractivity contribution is 0.621. The van der Waals surface area contributed by atoms with Crippen molar-refractivity contribution in [1.29, 1.82) is 0 Å². The van der Waals surface area contributed by atoms with E-state index in [4.69, 9.17) is 0 Å². The molecule has 11 aromatic rings. The van der Waals surface area contributed by atoms with E-state index in [9.17, 15) is 18.8 Å². The van der Waals surface area contributed by atoms with Crippen LogP contribution in [0.4, 0.5) is 38.5 Å². The summed E-state index contributed by atoms with van der Waals surface area (Å²) in [5.41, 5.74) is 9.51. The average Bonchev–Trinajstić information content (AvgIpc) is 3.45. The second-order valence-electron chi connectivity index (χ2n) is 16.5. The predicted octanol–water partition coefficient (Wildman–Crippen LogP) is 10.6. The fourth-order valence-electron chi connectivity index (χ4n) is 7.85. The Morgan fingerprint density at radius 1 is 0.446 bits per heavy atom. The maximum Gasteiger partial charge on any atom is 0.290 e. The van der Waals surface area contributed by atoms with Crippen LogP contribution in [0.2, 0.25) is 0 Å². The molecule has 4 aromatic carbocycles. The normalized spacial score (nSPS) is 10.7. The van der Waals surface area contributed by atoms with E-state index in [0.29, 0.717) is 52.9 Å². The third-order valence-electron chi connectivity index (χ3n) is 11.5. The molecule has 0 atom stereocenters. The lowest BCUT2D eigenvalue weighted by Crippen LogP contribution is -2.24. The van der Waals surface area contributed by atoms with Gasteiger partial charge in [-0.2, -0.15) is 15.3 Å². The van der Waals surface area contributed by atoms with E-state index >= 15 is 0 Å². The van der Waals surface area contributed by atoms with Gasteiger partial charge in [0.15, 0.2) is 0 Å². The molecule has 0 aliphatic rings. The summed E-state index contributed by atoms with van der Waals surface area (Å²) in [6, 6.07) is 47.5. The molecule has 0 aliphatic carbocycles. The quantitative estimate of drug-likeness (QED) is 0.111. The Labute approximate surface area is 423 Å². The van der Waals surface area contributed by atoms with Crippen LogP contribution >= 0.6 is 0 Å². The van der Waals surface area contributed by atoms with Crippen LogP contribution in [0.25, 0.3) is 55.6 Å². The van der Waals surface area contributed by atoms with Gasteiger partial charge in [0.05, 0.1) is 28.1 Å². The number of anilines is 6. The van der Waals surface area contributed by atoms with Crippen LogP contribution in [0.3, 0.4) is 0 Å². The summed E-state index contributed by atoms with van der Waals surface area (Å²) in [5, 5.41) is 24.6. The van der Waals surface area contributed by atoms with Crippen LogP contribution in [0.5, 0.6) is 0 Å². The third kappa shape index (κ3) is 11.4. The highest BCUT2D eigenvalue weighted by Crippen LogP contribution is 2.28. The summed E-state index contributed by atoms with van der Waals surface area (Å²) in [4.78, 5) is 54.6. The van der Waals surface area contributed by atoms with Crippen molar-refractivity contribution in [3.05, 3.63) is 232 Å². The van der Waals surface area contributed by atoms with Crippen molar-refractivity contribution in [2.45, 2.75) is 26.9 Å². The fourth-order valence-corrected chi connectivity index (χ4v) is 7.85. The molecule has 16 nitrogen and oxygen atoms in total. The molecule has 0 fully saturated rings. The molecular formula is C57H48FN13O3. The maximum absolute atomic E-state index is 13.0. The van der Waals surface area contributed by atoms with Crippen LogP contribution < -0.4 is 32.6 Å². The number of hydrogen-bond donors (Lipinski definition) is 3. The van der Waals surface area contributed by atoms with Crippen molar-refractivity contribution in [3.8, 4) is 33.8 Å². The zero-order valence-electron chi connectivity index (χ0n) is 40.5. The number of nitrogens with zero attached hydrogens (tertiary/aromatic N) is 10. The molecule has 0 amide bonds. The Bertz CT molecular complexity index is 3880. The van der Waals surface area contributed by atoms with Gasteiger partial charge in [0.1, 0.15) is 22.9 Å². The van der Waals surface area contributed by atoms with Gasteiger partial charge in [0.2, 0.25) is 0 Å². The number of hydrogen-bond acceptors (Lipinski definition) is 13. The number of aromatic nitrogens is 10. The number of halogens is 1. The minimum atomic E-state index is -0.318. The highest BCUT2D eigenvalue weighted by molar-refractivity contribution is 5.94. The van der Waals surface area contributed by atoms with E-state index in [0.717, 1.165) is 49.9 Å². The van der Waals surface area contributed by atoms with E-state index in [1.807, 2.05) is 129 Å². The van der Waals surface area contributed by atoms with Crippen LogP contribution in [-0.4, -0.2) is 49.3 Å². The largest absolute Gasteiger partial charge is 0.351 e. The topological polar surface area (TPSA) is 192 Å². The monoisotopic (exact) mass is 981 g/mol. The first-order valence-corrected chi connectivity index (χ1v) is 23.6. The minimum Gasteiger partial charge on any atom is -0.351 e. The van der Waals surface area contributed by atoms with Gasteiger partial charge >= 0.3 is 0 Å². The zero-order valence-corrected chi connectivity index (χ0v) is 40.5. The summed E-state index contributed by atoms with van der Waals surface area (Å²) in [6.07, 6.45) is 10.4. The van der Waals surface area contributed by atoms with Gasteiger partial charge in [-0.1, -0.05) is 42.5 Å². The van der Waals surface area contributed by atoms with E-state index < -0.39 is 0 Å². The Morgan fingerprint density at radius 3 is 1.41 bits per heavy atom. The molecule has 0 unspecified atom stereocenters.